The standard InChI is InChI=1S/C18H16N4O3/c1-12-3-2-8-19-16(12)22-15(23)11-25-18(24)14-6-4-13(5-7-14)17-20-9-10-21-17/h2-10H,11H2,1H3,(H,20,21)(H,19,22,23). The molecule has 126 valence electrons. The molecule has 1 amide bonds. The topological polar surface area (TPSA) is 97.0 Å². The van der Waals surface area contributed by atoms with Crippen LogP contribution in [0.25, 0.3) is 11.4 Å². The van der Waals surface area contributed by atoms with Crippen molar-refractivity contribution in [3.8, 4) is 11.4 Å². The molecule has 2 heterocycles. The first-order valence-electron chi connectivity index (χ1n) is 7.62. The van der Waals surface area contributed by atoms with Crippen LogP contribution in [-0.4, -0.2) is 33.4 Å². The van der Waals surface area contributed by atoms with E-state index in [-0.39, 0.29) is 6.61 Å². The van der Waals surface area contributed by atoms with Gasteiger partial charge in [-0.3, -0.25) is 4.79 Å². The highest BCUT2D eigenvalue weighted by molar-refractivity contribution is 5.95. The lowest BCUT2D eigenvalue weighted by molar-refractivity contribution is -0.119. The van der Waals surface area contributed by atoms with Gasteiger partial charge in [-0.05, 0) is 30.7 Å². The van der Waals surface area contributed by atoms with Crippen LogP contribution in [0.4, 0.5) is 5.82 Å². The molecule has 2 N–H and O–H groups in total. The number of aromatic amines is 1. The van der Waals surface area contributed by atoms with Gasteiger partial charge in [-0.2, -0.15) is 0 Å². The molecule has 3 rings (SSSR count). The summed E-state index contributed by atoms with van der Waals surface area (Å²) in [6.45, 7) is 1.45. The second-order valence-electron chi connectivity index (χ2n) is 5.31. The van der Waals surface area contributed by atoms with Gasteiger partial charge < -0.3 is 15.0 Å². The minimum absolute atomic E-state index is 0.358. The van der Waals surface area contributed by atoms with Gasteiger partial charge in [0.05, 0.1) is 5.56 Å². The fourth-order valence-electron chi connectivity index (χ4n) is 2.19. The Kier molecular flexibility index (Phi) is 4.84. The van der Waals surface area contributed by atoms with E-state index in [2.05, 4.69) is 20.3 Å². The Morgan fingerprint density at radius 1 is 1.12 bits per heavy atom. The zero-order valence-electron chi connectivity index (χ0n) is 13.5. The Labute approximate surface area is 144 Å². The second kappa shape index (κ2) is 7.39. The first-order valence-corrected chi connectivity index (χ1v) is 7.62. The van der Waals surface area contributed by atoms with Crippen molar-refractivity contribution in [2.45, 2.75) is 6.92 Å². The number of carbonyl (C=O) groups excluding carboxylic acids is 2. The Balaban J connectivity index is 1.55. The monoisotopic (exact) mass is 336 g/mol. The number of esters is 1. The van der Waals surface area contributed by atoms with Crippen molar-refractivity contribution in [2.75, 3.05) is 11.9 Å². The SMILES string of the molecule is Cc1cccnc1NC(=O)COC(=O)c1ccc(-c2ncc[nH]2)cc1. The van der Waals surface area contributed by atoms with E-state index >= 15 is 0 Å². The number of pyridine rings is 1. The first kappa shape index (κ1) is 16.4. The number of carbonyl (C=O) groups is 2. The van der Waals surface area contributed by atoms with Crippen LogP contribution in [0, 0.1) is 6.92 Å². The highest BCUT2D eigenvalue weighted by Crippen LogP contribution is 2.15. The lowest BCUT2D eigenvalue weighted by Gasteiger charge is -2.08. The van der Waals surface area contributed by atoms with E-state index in [1.165, 1.54) is 0 Å². The van der Waals surface area contributed by atoms with Crippen LogP contribution in [0.2, 0.25) is 0 Å². The summed E-state index contributed by atoms with van der Waals surface area (Å²) in [5.74, 6) is 0.151. The number of imidazole rings is 1. The number of ether oxygens (including phenoxy) is 1. The van der Waals surface area contributed by atoms with Crippen LogP contribution in [-0.2, 0) is 9.53 Å². The van der Waals surface area contributed by atoms with Crippen molar-refractivity contribution in [3.05, 3.63) is 66.1 Å². The lowest BCUT2D eigenvalue weighted by Crippen LogP contribution is -2.21. The van der Waals surface area contributed by atoms with Crippen molar-refractivity contribution < 1.29 is 14.3 Å². The highest BCUT2D eigenvalue weighted by Gasteiger charge is 2.12. The predicted octanol–water partition coefficient (Wildman–Crippen LogP) is 2.58. The normalized spacial score (nSPS) is 10.3. The van der Waals surface area contributed by atoms with Crippen LogP contribution in [0.3, 0.4) is 0 Å². The third-order valence-electron chi connectivity index (χ3n) is 3.49. The number of nitrogens with one attached hydrogen (secondary N) is 2. The van der Waals surface area contributed by atoms with Gasteiger partial charge in [0.25, 0.3) is 5.91 Å². The molecular formula is C18H16N4O3. The summed E-state index contributed by atoms with van der Waals surface area (Å²) >= 11 is 0. The molecule has 0 aliphatic rings. The number of aryl methyl sites for hydroxylation is 1. The van der Waals surface area contributed by atoms with Crippen molar-refractivity contribution >= 4 is 17.7 Å². The fourth-order valence-corrected chi connectivity index (χ4v) is 2.19. The minimum atomic E-state index is -0.570. The smallest absolute Gasteiger partial charge is 0.338 e. The van der Waals surface area contributed by atoms with Crippen molar-refractivity contribution in [3.63, 3.8) is 0 Å². The van der Waals surface area contributed by atoms with Crippen molar-refractivity contribution in [1.29, 1.82) is 0 Å². The van der Waals surface area contributed by atoms with E-state index in [0.717, 1.165) is 11.1 Å². The molecule has 3 aromatic rings. The third kappa shape index (κ3) is 4.08. The quantitative estimate of drug-likeness (QED) is 0.698. The highest BCUT2D eigenvalue weighted by atomic mass is 16.5. The maximum absolute atomic E-state index is 12.0. The molecule has 0 atom stereocenters. The number of amides is 1. The van der Waals surface area contributed by atoms with Crippen LogP contribution in [0.15, 0.2) is 55.0 Å². The van der Waals surface area contributed by atoms with E-state index in [4.69, 9.17) is 4.74 Å². The van der Waals surface area contributed by atoms with E-state index in [9.17, 15) is 9.59 Å². The molecule has 0 unspecified atom stereocenters. The zero-order chi connectivity index (χ0) is 17.6. The number of aromatic nitrogens is 3. The summed E-state index contributed by atoms with van der Waals surface area (Å²) in [4.78, 5) is 35.1. The number of hydrogen-bond donors (Lipinski definition) is 2. The largest absolute Gasteiger partial charge is 0.452 e. The molecule has 0 fully saturated rings. The molecule has 7 nitrogen and oxygen atoms in total. The van der Waals surface area contributed by atoms with Crippen LogP contribution >= 0.6 is 0 Å². The average molecular weight is 336 g/mol. The molecule has 0 aliphatic heterocycles. The van der Waals surface area contributed by atoms with Crippen molar-refractivity contribution in [2.24, 2.45) is 0 Å². The predicted molar refractivity (Wildman–Crippen MR) is 91.9 cm³/mol. The van der Waals surface area contributed by atoms with E-state index in [1.807, 2.05) is 13.0 Å². The molecule has 0 bridgehead atoms. The summed E-state index contributed by atoms with van der Waals surface area (Å²) in [5, 5.41) is 2.61. The second-order valence-corrected chi connectivity index (χ2v) is 5.31. The Morgan fingerprint density at radius 3 is 2.60 bits per heavy atom. The molecule has 7 heteroatoms. The van der Waals surface area contributed by atoms with Gasteiger partial charge in [-0.1, -0.05) is 18.2 Å². The first-order chi connectivity index (χ1) is 12.1. The molecule has 25 heavy (non-hydrogen) atoms. The lowest BCUT2D eigenvalue weighted by atomic mass is 10.1. The maximum atomic E-state index is 12.0. The average Bonchev–Trinajstić information content (AvgIpc) is 3.16. The number of H-pyrrole nitrogens is 1. The summed E-state index contributed by atoms with van der Waals surface area (Å²) in [7, 11) is 0. The summed E-state index contributed by atoms with van der Waals surface area (Å²) in [6.07, 6.45) is 4.95. The maximum Gasteiger partial charge on any atom is 0.338 e. The van der Waals surface area contributed by atoms with E-state index in [0.29, 0.717) is 17.2 Å². The number of hydrogen-bond acceptors (Lipinski definition) is 5. The molecule has 0 saturated heterocycles. The molecule has 2 aromatic heterocycles. The third-order valence-corrected chi connectivity index (χ3v) is 3.49. The van der Waals surface area contributed by atoms with Gasteiger partial charge in [0.2, 0.25) is 0 Å². The molecule has 0 aliphatic carbocycles. The van der Waals surface area contributed by atoms with E-state index < -0.39 is 11.9 Å². The Morgan fingerprint density at radius 2 is 1.92 bits per heavy atom. The van der Waals surface area contributed by atoms with Crippen LogP contribution in [0.5, 0.6) is 0 Å². The van der Waals surface area contributed by atoms with Gasteiger partial charge in [0, 0.05) is 24.2 Å². The number of rotatable bonds is 5. The summed E-state index contributed by atoms with van der Waals surface area (Å²) in [5.41, 5.74) is 2.04. The van der Waals surface area contributed by atoms with E-state index in [1.54, 1.807) is 48.9 Å². The van der Waals surface area contributed by atoms with Crippen molar-refractivity contribution in [1.82, 2.24) is 15.0 Å². The van der Waals surface area contributed by atoms with Gasteiger partial charge in [0.1, 0.15) is 11.6 Å². The zero-order valence-corrected chi connectivity index (χ0v) is 13.5. The Hall–Kier alpha value is -3.48. The summed E-state index contributed by atoms with van der Waals surface area (Å²) < 4.78 is 5.03. The molecule has 1 aromatic carbocycles. The van der Waals surface area contributed by atoms with Gasteiger partial charge >= 0.3 is 5.97 Å². The molecule has 0 radical (unpaired) electrons. The molecule has 0 spiro atoms. The number of nitrogens with zero attached hydrogens (tertiary/aromatic N) is 2. The van der Waals surface area contributed by atoms with Gasteiger partial charge in [-0.25, -0.2) is 14.8 Å². The fraction of sp³-hybridized carbons (Fsp3) is 0.111. The van der Waals surface area contributed by atoms with Gasteiger partial charge in [-0.15, -0.1) is 0 Å². The number of anilines is 1. The van der Waals surface area contributed by atoms with Crippen LogP contribution in [0.1, 0.15) is 15.9 Å². The van der Waals surface area contributed by atoms with Crippen LogP contribution < -0.4 is 5.32 Å². The molecule has 0 saturated carbocycles. The van der Waals surface area contributed by atoms with Gasteiger partial charge in [0.15, 0.2) is 6.61 Å². The Bertz CT molecular complexity index is 874. The molecular weight excluding hydrogens is 320 g/mol. The number of benzene rings is 1. The minimum Gasteiger partial charge on any atom is -0.452 e. The summed E-state index contributed by atoms with van der Waals surface area (Å²) in [6, 6.07) is 10.4.